The molecule has 1 aliphatic rings. The van der Waals surface area contributed by atoms with Crippen molar-refractivity contribution < 1.29 is 32.7 Å². The minimum atomic E-state index is -4.12. The highest BCUT2D eigenvalue weighted by atomic mass is 31.2. The summed E-state index contributed by atoms with van der Waals surface area (Å²) >= 11 is 0. The molecule has 1 aliphatic heterocycles. The zero-order valence-electron chi connectivity index (χ0n) is 32.2. The van der Waals surface area contributed by atoms with Gasteiger partial charge >= 0.3 is 13.7 Å². The van der Waals surface area contributed by atoms with Crippen LogP contribution in [0.1, 0.15) is 120 Å². The molecule has 11 heteroatoms. The van der Waals surface area contributed by atoms with Crippen molar-refractivity contribution in [3.63, 3.8) is 0 Å². The smallest absolute Gasteiger partial charge is 0.444 e. The second kappa shape index (κ2) is 16.2. The van der Waals surface area contributed by atoms with E-state index in [0.717, 1.165) is 11.1 Å². The zero-order valence-corrected chi connectivity index (χ0v) is 33.1. The zero-order chi connectivity index (χ0) is 37.7. The summed E-state index contributed by atoms with van der Waals surface area (Å²) in [7, 11) is -4.12. The quantitative estimate of drug-likeness (QED) is 0.211. The maximum Gasteiger partial charge on any atom is 0.452 e. The Morgan fingerprint density at radius 3 is 1.70 bits per heavy atom. The lowest BCUT2D eigenvalue weighted by atomic mass is 9.87. The standard InChI is InChI=1S/C39H60N3O7P/c1-13-15-32(40-34(43)31-16-14-25-42(31)35(44)33(26(2)3)41-36(45)47-39(10,11)12)50(46,48-29-21-17-27(18-22-29)37(4,5)6)49-30-23-19-28(20-24-30)38(7,8)9/h17-24,26,31-33H,13-16,25H2,1-12H3,(H,40,43)(H,41,45)/t31-,32?,33-/m0/s1. The van der Waals surface area contributed by atoms with Crippen molar-refractivity contribution in [3.8, 4) is 11.5 Å². The molecule has 0 saturated carbocycles. The highest BCUT2D eigenvalue weighted by Gasteiger charge is 2.44. The fourth-order valence-electron chi connectivity index (χ4n) is 5.74. The number of carbonyl (C=O) groups excluding carboxylic acids is 3. The molecular formula is C39H60N3O7P. The fraction of sp³-hybridized carbons (Fsp3) is 0.615. The lowest BCUT2D eigenvalue weighted by Crippen LogP contribution is -2.56. The summed E-state index contributed by atoms with van der Waals surface area (Å²) in [5.74, 6) is -1.38. The molecule has 10 nitrogen and oxygen atoms in total. The molecule has 0 bridgehead atoms. The molecule has 1 heterocycles. The van der Waals surface area contributed by atoms with E-state index in [9.17, 15) is 14.4 Å². The van der Waals surface area contributed by atoms with Crippen molar-refractivity contribution >= 4 is 25.5 Å². The second-order valence-electron chi connectivity index (χ2n) is 16.6. The SMILES string of the molecule is CCCC(NC(=O)[C@@H]1CCCN1C(=O)[C@@H](NC(=O)OC(C)(C)C)C(C)C)P(=O)(Oc1ccc(C(C)(C)C)cc1)Oc1ccc(C(C)(C)C)cc1. The third kappa shape index (κ3) is 11.2. The molecule has 3 rings (SSSR count). The Morgan fingerprint density at radius 2 is 1.30 bits per heavy atom. The molecule has 0 aliphatic carbocycles. The Hall–Kier alpha value is -3.52. The number of carbonyl (C=O) groups is 3. The third-order valence-electron chi connectivity index (χ3n) is 8.60. The van der Waals surface area contributed by atoms with Crippen LogP contribution in [-0.4, -0.2) is 52.8 Å². The van der Waals surface area contributed by atoms with Crippen LogP contribution >= 0.6 is 7.60 Å². The van der Waals surface area contributed by atoms with E-state index in [0.29, 0.717) is 43.7 Å². The van der Waals surface area contributed by atoms with Gasteiger partial charge in [-0.05, 0) is 92.2 Å². The lowest BCUT2D eigenvalue weighted by Gasteiger charge is -2.33. The molecule has 0 radical (unpaired) electrons. The number of likely N-dealkylation sites (tertiary alicyclic amines) is 1. The number of nitrogens with one attached hydrogen (secondary N) is 2. The molecule has 2 aromatic rings. The van der Waals surface area contributed by atoms with Crippen LogP contribution in [-0.2, 0) is 29.7 Å². The van der Waals surface area contributed by atoms with E-state index in [4.69, 9.17) is 13.8 Å². The molecule has 1 unspecified atom stereocenters. The fourth-order valence-corrected chi connectivity index (χ4v) is 7.73. The largest absolute Gasteiger partial charge is 0.452 e. The molecule has 278 valence electrons. The van der Waals surface area contributed by atoms with Crippen LogP contribution in [0.15, 0.2) is 48.5 Å². The van der Waals surface area contributed by atoms with Crippen LogP contribution in [0.25, 0.3) is 0 Å². The summed E-state index contributed by atoms with van der Waals surface area (Å²) in [5.41, 5.74) is 1.26. The first-order chi connectivity index (χ1) is 23.0. The molecule has 0 aromatic heterocycles. The molecule has 50 heavy (non-hydrogen) atoms. The minimum Gasteiger partial charge on any atom is -0.444 e. The first-order valence-electron chi connectivity index (χ1n) is 17.8. The van der Waals surface area contributed by atoms with Gasteiger partial charge in [-0.2, -0.15) is 0 Å². The van der Waals surface area contributed by atoms with Crippen LogP contribution in [0, 0.1) is 5.92 Å². The van der Waals surface area contributed by atoms with E-state index >= 15 is 4.57 Å². The van der Waals surface area contributed by atoms with Gasteiger partial charge in [0.15, 0.2) is 5.78 Å². The van der Waals surface area contributed by atoms with Gasteiger partial charge in [-0.3, -0.25) is 9.59 Å². The van der Waals surface area contributed by atoms with Crippen molar-refractivity contribution in [1.29, 1.82) is 0 Å². The molecule has 1 fully saturated rings. The van der Waals surface area contributed by atoms with Crippen molar-refractivity contribution in [3.05, 3.63) is 59.7 Å². The summed E-state index contributed by atoms with van der Waals surface area (Å²) in [6.45, 7) is 23.8. The minimum absolute atomic E-state index is 0.0894. The number of amides is 3. The van der Waals surface area contributed by atoms with Crippen LogP contribution in [0.2, 0.25) is 0 Å². The van der Waals surface area contributed by atoms with Crippen LogP contribution in [0.3, 0.4) is 0 Å². The number of alkyl carbamates (subject to hydrolysis) is 1. The second-order valence-corrected chi connectivity index (χ2v) is 18.7. The first-order valence-corrected chi connectivity index (χ1v) is 19.5. The molecule has 2 aromatic carbocycles. The Labute approximate surface area is 299 Å². The first kappa shape index (κ1) is 40.9. The topological polar surface area (TPSA) is 123 Å². The van der Waals surface area contributed by atoms with Gasteiger partial charge < -0.3 is 29.3 Å². The Morgan fingerprint density at radius 1 is 0.820 bits per heavy atom. The van der Waals surface area contributed by atoms with E-state index < -0.39 is 43.1 Å². The van der Waals surface area contributed by atoms with E-state index in [1.165, 1.54) is 4.90 Å². The molecule has 3 amide bonds. The number of nitrogens with zero attached hydrogens (tertiary/aromatic N) is 1. The Bertz CT molecular complexity index is 1440. The van der Waals surface area contributed by atoms with Crippen LogP contribution in [0.5, 0.6) is 11.5 Å². The number of hydrogen-bond donors (Lipinski definition) is 2. The van der Waals surface area contributed by atoms with Gasteiger partial charge in [0, 0.05) is 6.54 Å². The summed E-state index contributed by atoms with van der Waals surface area (Å²) in [6, 6.07) is 13.1. The summed E-state index contributed by atoms with van der Waals surface area (Å²) in [5, 5.41) is 5.69. The van der Waals surface area contributed by atoms with Crippen LogP contribution in [0.4, 0.5) is 4.79 Å². The average molecular weight is 714 g/mol. The summed E-state index contributed by atoms with van der Waals surface area (Å²) in [4.78, 5) is 42.1. The maximum atomic E-state index is 15.0. The predicted octanol–water partition coefficient (Wildman–Crippen LogP) is 8.72. The predicted molar refractivity (Wildman–Crippen MR) is 199 cm³/mol. The Balaban J connectivity index is 1.93. The van der Waals surface area contributed by atoms with E-state index in [1.807, 2.05) is 45.0 Å². The Kier molecular flexibility index (Phi) is 13.3. The average Bonchev–Trinajstić information content (AvgIpc) is 3.48. The van der Waals surface area contributed by atoms with Crippen molar-refractivity contribution in [2.75, 3.05) is 6.54 Å². The van der Waals surface area contributed by atoms with Crippen molar-refractivity contribution in [1.82, 2.24) is 15.5 Å². The third-order valence-corrected chi connectivity index (χ3v) is 10.7. The van der Waals surface area contributed by atoms with Gasteiger partial charge in [-0.1, -0.05) is 93.0 Å². The number of ether oxygens (including phenoxy) is 1. The van der Waals surface area contributed by atoms with Gasteiger partial charge in [-0.15, -0.1) is 0 Å². The summed E-state index contributed by atoms with van der Waals surface area (Å²) < 4.78 is 32.9. The van der Waals surface area contributed by atoms with Gasteiger partial charge in [0.1, 0.15) is 29.2 Å². The van der Waals surface area contributed by atoms with Crippen molar-refractivity contribution in [2.24, 2.45) is 5.92 Å². The molecule has 2 N–H and O–H groups in total. The normalized spacial score (nSPS) is 16.8. The van der Waals surface area contributed by atoms with Crippen molar-refractivity contribution in [2.45, 2.75) is 143 Å². The van der Waals surface area contributed by atoms with E-state index in [-0.39, 0.29) is 22.7 Å². The van der Waals surface area contributed by atoms with Crippen LogP contribution < -0.4 is 19.7 Å². The van der Waals surface area contributed by atoms with Gasteiger partial charge in [0.25, 0.3) is 0 Å². The monoisotopic (exact) mass is 713 g/mol. The molecule has 3 atom stereocenters. The number of hydrogen-bond acceptors (Lipinski definition) is 7. The van der Waals surface area contributed by atoms with Gasteiger partial charge in [0.05, 0.1) is 0 Å². The lowest BCUT2D eigenvalue weighted by molar-refractivity contribution is -0.141. The molecule has 1 saturated heterocycles. The maximum absolute atomic E-state index is 15.0. The van der Waals surface area contributed by atoms with Gasteiger partial charge in [-0.25, -0.2) is 9.36 Å². The van der Waals surface area contributed by atoms with Gasteiger partial charge in [0.2, 0.25) is 11.8 Å². The number of benzene rings is 2. The molecular weight excluding hydrogens is 653 g/mol. The van der Waals surface area contributed by atoms with E-state index in [1.54, 1.807) is 45.0 Å². The molecule has 0 spiro atoms. The highest BCUT2D eigenvalue weighted by Crippen LogP contribution is 2.53. The number of rotatable bonds is 12. The summed E-state index contributed by atoms with van der Waals surface area (Å²) in [6.07, 6.45) is 1.20. The highest BCUT2D eigenvalue weighted by molar-refractivity contribution is 7.55. The van der Waals surface area contributed by atoms with E-state index in [2.05, 4.69) is 52.2 Å².